The Bertz CT molecular complexity index is 981. The van der Waals surface area contributed by atoms with Gasteiger partial charge in [0, 0.05) is 23.8 Å². The number of hydrogen-bond donors (Lipinski definition) is 3. The second kappa shape index (κ2) is 4.68. The normalized spacial score (nSPS) is 50.1. The maximum Gasteiger partial charge on any atom is 0.165 e. The van der Waals surface area contributed by atoms with E-state index in [4.69, 9.17) is 4.74 Å². The van der Waals surface area contributed by atoms with E-state index in [0.717, 1.165) is 41.5 Å². The number of hydrogen-bond acceptors (Lipinski definition) is 4. The molecule has 1 saturated carbocycles. The number of ether oxygens (including phenoxy) is 1. The second-order valence-electron chi connectivity index (χ2n) is 11.5. The van der Waals surface area contributed by atoms with Crippen molar-refractivity contribution < 1.29 is 24.5 Å². The fourth-order valence-electron chi connectivity index (χ4n) is 7.60. The SMILES string of the molecule is CC1(C[N+]2(C)CCC34c5c6ccc(O)c5OC3C(C)(O)C=CC4(O)C2(C)C6)CC1. The molecule has 5 heteroatoms. The average molecular weight is 399 g/mol. The van der Waals surface area contributed by atoms with Gasteiger partial charge in [-0.15, -0.1) is 0 Å². The topological polar surface area (TPSA) is 69.9 Å². The van der Waals surface area contributed by atoms with E-state index in [0.29, 0.717) is 11.2 Å². The van der Waals surface area contributed by atoms with Gasteiger partial charge in [0.1, 0.15) is 17.2 Å². The van der Waals surface area contributed by atoms with Crippen LogP contribution in [0.5, 0.6) is 11.5 Å². The lowest BCUT2D eigenvalue weighted by molar-refractivity contribution is -0.976. The molecule has 2 fully saturated rings. The summed E-state index contributed by atoms with van der Waals surface area (Å²) in [5, 5.41) is 34.4. The molecular weight excluding hydrogens is 366 g/mol. The number of benzene rings is 1. The first-order chi connectivity index (χ1) is 13.4. The highest BCUT2D eigenvalue weighted by Crippen LogP contribution is 2.69. The minimum atomic E-state index is -1.21. The molecule has 1 aromatic carbocycles. The molecule has 5 aliphatic rings. The van der Waals surface area contributed by atoms with Gasteiger partial charge in [-0.05, 0) is 44.4 Å². The highest BCUT2D eigenvalue weighted by molar-refractivity contribution is 5.65. The van der Waals surface area contributed by atoms with E-state index in [1.807, 2.05) is 12.1 Å². The first-order valence-electron chi connectivity index (χ1n) is 10.9. The summed E-state index contributed by atoms with van der Waals surface area (Å²) in [5.74, 6) is 0.560. The molecule has 5 nitrogen and oxygen atoms in total. The van der Waals surface area contributed by atoms with Crippen LogP contribution in [0.25, 0.3) is 0 Å². The van der Waals surface area contributed by atoms with Gasteiger partial charge in [-0.2, -0.15) is 0 Å². The number of phenols is 1. The minimum Gasteiger partial charge on any atom is -0.504 e. The molecule has 0 amide bonds. The van der Waals surface area contributed by atoms with Gasteiger partial charge < -0.3 is 24.5 Å². The van der Waals surface area contributed by atoms with E-state index in [1.54, 1.807) is 19.1 Å². The third-order valence-corrected chi connectivity index (χ3v) is 9.61. The summed E-state index contributed by atoms with van der Waals surface area (Å²) in [4.78, 5) is 0. The number of likely N-dealkylation sites (tertiary alicyclic amines) is 1. The Balaban J connectivity index is 1.66. The predicted molar refractivity (Wildman–Crippen MR) is 109 cm³/mol. The van der Waals surface area contributed by atoms with Crippen LogP contribution in [0, 0.1) is 5.41 Å². The Hall–Kier alpha value is -1.56. The Morgan fingerprint density at radius 2 is 1.83 bits per heavy atom. The fourth-order valence-corrected chi connectivity index (χ4v) is 7.60. The van der Waals surface area contributed by atoms with E-state index in [-0.39, 0.29) is 5.75 Å². The predicted octanol–water partition coefficient (Wildman–Crippen LogP) is 2.41. The summed E-state index contributed by atoms with van der Waals surface area (Å²) in [6.45, 7) is 8.33. The molecule has 6 rings (SSSR count). The summed E-state index contributed by atoms with van der Waals surface area (Å²) >= 11 is 0. The Morgan fingerprint density at radius 3 is 2.52 bits per heavy atom. The van der Waals surface area contributed by atoms with Crippen molar-refractivity contribution in [3.05, 3.63) is 35.4 Å². The number of rotatable bonds is 2. The lowest BCUT2D eigenvalue weighted by atomic mass is 9.44. The van der Waals surface area contributed by atoms with Crippen molar-refractivity contribution in [2.75, 3.05) is 20.1 Å². The summed E-state index contributed by atoms with van der Waals surface area (Å²) in [6.07, 6.45) is 6.95. The quantitative estimate of drug-likeness (QED) is 0.529. The van der Waals surface area contributed by atoms with E-state index in [1.165, 1.54) is 12.8 Å². The third kappa shape index (κ3) is 1.77. The Morgan fingerprint density at radius 1 is 1.10 bits per heavy atom. The Kier molecular flexibility index (Phi) is 2.94. The van der Waals surface area contributed by atoms with Crippen molar-refractivity contribution in [2.24, 2.45) is 5.41 Å². The van der Waals surface area contributed by atoms with Gasteiger partial charge in [0.2, 0.25) is 0 Å². The number of likely N-dealkylation sites (N-methyl/N-ethyl adjacent to an activating group) is 1. The lowest BCUT2D eigenvalue weighted by Gasteiger charge is -2.69. The molecule has 3 aliphatic carbocycles. The van der Waals surface area contributed by atoms with Crippen LogP contribution in [0.2, 0.25) is 0 Å². The molecule has 1 saturated heterocycles. The van der Waals surface area contributed by atoms with Crippen LogP contribution in [-0.4, -0.2) is 62.8 Å². The smallest absolute Gasteiger partial charge is 0.165 e. The zero-order valence-corrected chi connectivity index (χ0v) is 17.8. The number of aliphatic hydroxyl groups is 2. The fraction of sp³-hybridized carbons (Fsp3) is 0.667. The van der Waals surface area contributed by atoms with E-state index >= 15 is 0 Å². The molecule has 0 radical (unpaired) electrons. The van der Waals surface area contributed by atoms with Gasteiger partial charge in [0.25, 0.3) is 0 Å². The van der Waals surface area contributed by atoms with Crippen LogP contribution in [0.3, 0.4) is 0 Å². The van der Waals surface area contributed by atoms with Crippen molar-refractivity contribution in [2.45, 2.75) is 74.7 Å². The van der Waals surface area contributed by atoms with Crippen LogP contribution in [-0.2, 0) is 11.8 Å². The van der Waals surface area contributed by atoms with Crippen molar-refractivity contribution in [1.82, 2.24) is 0 Å². The first kappa shape index (κ1) is 18.2. The summed E-state index contributed by atoms with van der Waals surface area (Å²) in [7, 11) is 2.31. The zero-order chi connectivity index (χ0) is 20.7. The third-order valence-electron chi connectivity index (χ3n) is 9.61. The standard InChI is InChI=1S/C24H31NO4/c1-20(7-8-20)14-25(4)12-11-23-17-15-5-6-16(26)18(17)29-19(23)21(2,27)9-10-24(23,28)22(25,3)13-15/h5-6,9-10,19,27-28H,7-8,11-14H2,1-4H3/p+1. The molecule has 156 valence electrons. The maximum absolute atomic E-state index is 12.6. The first-order valence-corrected chi connectivity index (χ1v) is 10.9. The van der Waals surface area contributed by atoms with Crippen molar-refractivity contribution in [3.63, 3.8) is 0 Å². The minimum absolute atomic E-state index is 0.0996. The number of nitrogens with zero attached hydrogens (tertiary/aromatic N) is 1. The van der Waals surface area contributed by atoms with Crippen LogP contribution >= 0.6 is 0 Å². The maximum atomic E-state index is 12.6. The van der Waals surface area contributed by atoms with Gasteiger partial charge in [-0.25, -0.2) is 0 Å². The molecule has 6 atom stereocenters. The van der Waals surface area contributed by atoms with E-state index in [2.05, 4.69) is 20.9 Å². The largest absolute Gasteiger partial charge is 0.504 e. The Labute approximate surface area is 172 Å². The molecule has 3 N–H and O–H groups in total. The van der Waals surface area contributed by atoms with Crippen molar-refractivity contribution >= 4 is 0 Å². The molecule has 1 aromatic rings. The lowest BCUT2D eigenvalue weighted by Crippen LogP contribution is -2.86. The van der Waals surface area contributed by atoms with E-state index in [9.17, 15) is 15.3 Å². The summed E-state index contributed by atoms with van der Waals surface area (Å²) in [5.41, 5.74) is -1.14. The number of quaternary nitrogens is 1. The average Bonchev–Trinajstić information content (AvgIpc) is 3.22. The molecular formula is C24H32NO4+. The number of piperidine rings is 1. The summed E-state index contributed by atoms with van der Waals surface area (Å²) in [6, 6.07) is 3.71. The van der Waals surface area contributed by atoms with Gasteiger partial charge in [0.05, 0.1) is 25.6 Å². The van der Waals surface area contributed by atoms with Crippen LogP contribution in [0.1, 0.15) is 51.2 Å². The zero-order valence-electron chi connectivity index (χ0n) is 17.8. The van der Waals surface area contributed by atoms with Gasteiger partial charge in [-0.1, -0.05) is 19.1 Å². The monoisotopic (exact) mass is 398 g/mol. The molecule has 29 heavy (non-hydrogen) atoms. The molecule has 2 heterocycles. The molecule has 2 bridgehead atoms. The van der Waals surface area contributed by atoms with Gasteiger partial charge in [0.15, 0.2) is 17.1 Å². The molecule has 0 aromatic heterocycles. The van der Waals surface area contributed by atoms with Crippen LogP contribution in [0.4, 0.5) is 0 Å². The summed E-state index contributed by atoms with van der Waals surface area (Å²) < 4.78 is 7.11. The van der Waals surface area contributed by atoms with Gasteiger partial charge in [-0.3, -0.25) is 0 Å². The van der Waals surface area contributed by atoms with Crippen molar-refractivity contribution in [1.29, 1.82) is 0 Å². The van der Waals surface area contributed by atoms with Crippen LogP contribution < -0.4 is 4.74 Å². The number of phenolic OH excluding ortho intramolecular Hbond substituents is 1. The highest BCUT2D eigenvalue weighted by Gasteiger charge is 2.81. The highest BCUT2D eigenvalue weighted by atomic mass is 16.5. The molecule has 1 spiro atoms. The van der Waals surface area contributed by atoms with E-state index < -0.39 is 28.3 Å². The second-order valence-corrected chi connectivity index (χ2v) is 11.5. The number of aromatic hydroxyl groups is 1. The molecule has 2 aliphatic heterocycles. The van der Waals surface area contributed by atoms with Crippen LogP contribution in [0.15, 0.2) is 24.3 Å². The molecule has 6 unspecified atom stereocenters. The van der Waals surface area contributed by atoms with Gasteiger partial charge >= 0.3 is 0 Å². The van der Waals surface area contributed by atoms with Crippen molar-refractivity contribution in [3.8, 4) is 11.5 Å².